The van der Waals surface area contributed by atoms with Gasteiger partial charge in [0.15, 0.2) is 0 Å². The average Bonchev–Trinajstić information content (AvgIpc) is 2.90. The number of amides is 2. The van der Waals surface area contributed by atoms with Crippen LogP contribution in [0.2, 0.25) is 0 Å². The summed E-state index contributed by atoms with van der Waals surface area (Å²) in [4.78, 5) is 28.0. The third-order valence-corrected chi connectivity index (χ3v) is 7.76. The monoisotopic (exact) mass is 544 g/mol. The Kier molecular flexibility index (Phi) is 9.54. The van der Waals surface area contributed by atoms with Crippen molar-refractivity contribution in [3.05, 3.63) is 102 Å². The highest BCUT2D eigenvalue weighted by Crippen LogP contribution is 2.24. The average molecular weight is 545 g/mol. The lowest BCUT2D eigenvalue weighted by Crippen LogP contribution is -2.54. The Morgan fingerprint density at radius 3 is 2.03 bits per heavy atom. The van der Waals surface area contributed by atoms with Crippen LogP contribution in [0.3, 0.4) is 0 Å². The first-order valence-corrected chi connectivity index (χ1v) is 13.2. The maximum absolute atomic E-state index is 14.8. The van der Waals surface area contributed by atoms with Crippen LogP contribution in [0.15, 0.2) is 78.9 Å². The lowest BCUT2D eigenvalue weighted by atomic mass is 10.0. The highest BCUT2D eigenvalue weighted by atomic mass is 32.2. The highest BCUT2D eigenvalue weighted by Gasteiger charge is 2.35. The van der Waals surface area contributed by atoms with E-state index in [4.69, 9.17) is 0 Å². The van der Waals surface area contributed by atoms with Gasteiger partial charge in [-0.05, 0) is 23.8 Å². The Hall–Kier alpha value is -3.83. The third kappa shape index (κ3) is 6.73. The first-order valence-electron chi connectivity index (χ1n) is 11.8. The summed E-state index contributed by atoms with van der Waals surface area (Å²) in [5.41, 5.74) is 0.537. The summed E-state index contributed by atoms with van der Waals surface area (Å²) in [5, 5.41) is 2.54. The number of halogens is 2. The van der Waals surface area contributed by atoms with Crippen LogP contribution in [0.5, 0.6) is 0 Å². The molecule has 11 heteroatoms. The van der Waals surface area contributed by atoms with E-state index in [2.05, 4.69) is 5.32 Å². The molecule has 8 nitrogen and oxygen atoms in total. The van der Waals surface area contributed by atoms with Crippen LogP contribution < -0.4 is 9.62 Å². The number of benzene rings is 3. The number of nitrogens with one attached hydrogen (secondary N) is 1. The van der Waals surface area contributed by atoms with E-state index < -0.39 is 46.2 Å². The fraction of sp³-hybridized carbons (Fsp3) is 0.259. The van der Waals surface area contributed by atoms with Crippen LogP contribution in [0.1, 0.15) is 11.1 Å². The Balaban J connectivity index is 2.09. The lowest BCUT2D eigenvalue weighted by Gasteiger charge is -2.34. The Labute approximate surface area is 221 Å². The summed E-state index contributed by atoms with van der Waals surface area (Å²) < 4.78 is 57.3. The van der Waals surface area contributed by atoms with E-state index in [0.29, 0.717) is 4.31 Å². The molecule has 0 bridgehead atoms. The molecule has 0 spiro atoms. The number of anilines is 1. The molecule has 0 aliphatic carbocycles. The summed E-state index contributed by atoms with van der Waals surface area (Å²) in [7, 11) is -0.404. The number of rotatable bonds is 11. The number of nitrogens with zero attached hydrogens (tertiary/aromatic N) is 3. The van der Waals surface area contributed by atoms with Gasteiger partial charge in [-0.15, -0.1) is 0 Å². The summed E-state index contributed by atoms with van der Waals surface area (Å²) in [6.45, 7) is -1.14. The number of hydrogen-bond donors (Lipinski definition) is 1. The lowest BCUT2D eigenvalue weighted by molar-refractivity contribution is -0.139. The van der Waals surface area contributed by atoms with E-state index in [0.717, 1.165) is 20.8 Å². The molecule has 3 aromatic rings. The van der Waals surface area contributed by atoms with E-state index in [9.17, 15) is 26.8 Å². The van der Waals surface area contributed by atoms with Gasteiger partial charge >= 0.3 is 10.2 Å². The van der Waals surface area contributed by atoms with Gasteiger partial charge in [0.1, 0.15) is 24.2 Å². The zero-order valence-corrected chi connectivity index (χ0v) is 22.2. The summed E-state index contributed by atoms with van der Waals surface area (Å²) in [6, 6.07) is 18.8. The van der Waals surface area contributed by atoms with Gasteiger partial charge in [0.2, 0.25) is 11.8 Å². The maximum Gasteiger partial charge on any atom is 0.304 e. The summed E-state index contributed by atoms with van der Waals surface area (Å²) in [6.07, 6.45) is 0.0842. The zero-order valence-electron chi connectivity index (χ0n) is 21.3. The minimum absolute atomic E-state index is 0.0842. The van der Waals surface area contributed by atoms with Crippen LogP contribution in [-0.4, -0.2) is 63.2 Å². The molecule has 3 rings (SSSR count). The molecule has 1 N–H and O–H groups in total. The van der Waals surface area contributed by atoms with Gasteiger partial charge in [-0.1, -0.05) is 60.7 Å². The minimum atomic E-state index is -4.33. The SMILES string of the molecule is CNC(=O)C(Cc1ccccc1)N(Cc1ccccc1F)C(=O)CN(c1ccccc1F)S(=O)(=O)N(C)C. The number of para-hydroxylation sites is 1. The van der Waals surface area contributed by atoms with Gasteiger partial charge in [-0.2, -0.15) is 12.7 Å². The van der Waals surface area contributed by atoms with Crippen molar-refractivity contribution in [3.8, 4) is 0 Å². The van der Waals surface area contributed by atoms with E-state index in [1.165, 1.54) is 57.5 Å². The topological polar surface area (TPSA) is 90.0 Å². The molecule has 0 heterocycles. The van der Waals surface area contributed by atoms with Gasteiger partial charge < -0.3 is 10.2 Å². The standard InChI is InChI=1S/C27H30F2N4O4S/c1-30-27(35)25(17-20-11-5-4-6-12-20)32(18-21-13-7-8-14-22(21)28)26(34)19-33(38(36,37)31(2)3)24-16-10-9-15-23(24)29/h4-16,25H,17-19H2,1-3H3,(H,30,35). The van der Waals surface area contributed by atoms with Crippen molar-refractivity contribution in [2.45, 2.75) is 19.0 Å². The van der Waals surface area contributed by atoms with Crippen LogP contribution in [0.25, 0.3) is 0 Å². The first-order chi connectivity index (χ1) is 18.1. The molecule has 0 radical (unpaired) electrons. The molecular formula is C27H30F2N4O4S. The summed E-state index contributed by atoms with van der Waals surface area (Å²) in [5.74, 6) is -2.77. The van der Waals surface area contributed by atoms with E-state index in [1.54, 1.807) is 36.4 Å². The van der Waals surface area contributed by atoms with Gasteiger partial charge in [0.25, 0.3) is 0 Å². The van der Waals surface area contributed by atoms with Crippen molar-refractivity contribution < 1.29 is 26.8 Å². The molecule has 3 aromatic carbocycles. The second-order valence-electron chi connectivity index (χ2n) is 8.68. The molecule has 2 amide bonds. The minimum Gasteiger partial charge on any atom is -0.357 e. The number of carbonyl (C=O) groups is 2. The summed E-state index contributed by atoms with van der Waals surface area (Å²) >= 11 is 0. The predicted octanol–water partition coefficient (Wildman–Crippen LogP) is 2.96. The van der Waals surface area contributed by atoms with Gasteiger partial charge in [-0.25, -0.2) is 13.1 Å². The van der Waals surface area contributed by atoms with Crippen LogP contribution >= 0.6 is 0 Å². The van der Waals surface area contributed by atoms with Gasteiger partial charge in [0, 0.05) is 39.7 Å². The largest absolute Gasteiger partial charge is 0.357 e. The van der Waals surface area contributed by atoms with Crippen molar-refractivity contribution in [2.75, 3.05) is 32.0 Å². The molecule has 0 saturated carbocycles. The third-order valence-electron chi connectivity index (χ3n) is 5.96. The second-order valence-corrected chi connectivity index (χ2v) is 10.7. The molecule has 0 saturated heterocycles. The Bertz CT molecular complexity index is 1370. The number of hydrogen-bond acceptors (Lipinski definition) is 4. The van der Waals surface area contributed by atoms with Crippen LogP contribution in [0.4, 0.5) is 14.5 Å². The van der Waals surface area contributed by atoms with Crippen LogP contribution in [-0.2, 0) is 32.8 Å². The van der Waals surface area contributed by atoms with Crippen molar-refractivity contribution in [3.63, 3.8) is 0 Å². The Morgan fingerprint density at radius 2 is 1.45 bits per heavy atom. The molecule has 1 unspecified atom stereocenters. The van der Waals surface area contributed by atoms with Crippen molar-refractivity contribution >= 4 is 27.7 Å². The van der Waals surface area contributed by atoms with Gasteiger partial charge in [0.05, 0.1) is 5.69 Å². The molecule has 0 aliphatic heterocycles. The molecule has 38 heavy (non-hydrogen) atoms. The van der Waals surface area contributed by atoms with Crippen molar-refractivity contribution in [1.82, 2.24) is 14.5 Å². The number of likely N-dealkylation sites (N-methyl/N-ethyl adjacent to an activating group) is 1. The quantitative estimate of drug-likeness (QED) is 0.402. The predicted molar refractivity (Wildman–Crippen MR) is 141 cm³/mol. The molecular weight excluding hydrogens is 514 g/mol. The zero-order chi connectivity index (χ0) is 27.9. The van der Waals surface area contributed by atoms with E-state index >= 15 is 0 Å². The molecule has 0 aromatic heterocycles. The van der Waals surface area contributed by atoms with Crippen molar-refractivity contribution in [1.29, 1.82) is 0 Å². The van der Waals surface area contributed by atoms with E-state index in [-0.39, 0.29) is 24.2 Å². The molecule has 1 atom stereocenters. The fourth-order valence-corrected chi connectivity index (χ4v) is 4.95. The smallest absolute Gasteiger partial charge is 0.304 e. The first kappa shape index (κ1) is 28.7. The number of carbonyl (C=O) groups excluding carboxylic acids is 2. The molecule has 202 valence electrons. The highest BCUT2D eigenvalue weighted by molar-refractivity contribution is 7.90. The molecule has 0 aliphatic rings. The molecule has 0 fully saturated rings. The van der Waals surface area contributed by atoms with Gasteiger partial charge in [-0.3, -0.25) is 9.59 Å². The normalized spacial score (nSPS) is 12.2. The Morgan fingerprint density at radius 1 is 0.868 bits per heavy atom. The fourth-order valence-electron chi connectivity index (χ4n) is 3.89. The van der Waals surface area contributed by atoms with E-state index in [1.807, 2.05) is 0 Å². The second kappa shape index (κ2) is 12.6. The van der Waals surface area contributed by atoms with Crippen molar-refractivity contribution in [2.24, 2.45) is 0 Å². The van der Waals surface area contributed by atoms with Crippen LogP contribution in [0, 0.1) is 11.6 Å². The maximum atomic E-state index is 14.8.